The van der Waals surface area contributed by atoms with Gasteiger partial charge in [0.15, 0.2) is 5.75 Å². The predicted octanol–water partition coefficient (Wildman–Crippen LogP) is 1.84. The van der Waals surface area contributed by atoms with E-state index in [0.29, 0.717) is 13.2 Å². The van der Waals surface area contributed by atoms with Crippen LogP contribution < -0.4 is 10.1 Å². The van der Waals surface area contributed by atoms with Crippen LogP contribution in [-0.2, 0) is 18.3 Å². The van der Waals surface area contributed by atoms with Gasteiger partial charge in [0.25, 0.3) is 0 Å². The molecule has 3 heterocycles. The number of H-pyrrole nitrogens is 1. The number of benzene rings is 1. The summed E-state index contributed by atoms with van der Waals surface area (Å²) in [6.45, 7) is 2.03. The molecule has 0 aliphatic carbocycles. The molecule has 23 heavy (non-hydrogen) atoms. The van der Waals surface area contributed by atoms with Crippen LogP contribution in [0.1, 0.15) is 5.56 Å². The Kier molecular flexibility index (Phi) is 3.77. The first-order valence-electron chi connectivity index (χ1n) is 7.81. The fourth-order valence-corrected chi connectivity index (χ4v) is 3.01. The number of para-hydroxylation sites is 1. The molecule has 2 N–H and O–H groups in total. The lowest BCUT2D eigenvalue weighted by Gasteiger charge is -2.20. The van der Waals surface area contributed by atoms with Gasteiger partial charge in [-0.3, -0.25) is 4.68 Å². The zero-order valence-electron chi connectivity index (χ0n) is 13.0. The lowest BCUT2D eigenvalue weighted by Crippen LogP contribution is -2.41. The maximum absolute atomic E-state index is 5.99. The minimum atomic E-state index is 0.00189. The molecule has 1 aliphatic heterocycles. The third-order valence-electron chi connectivity index (χ3n) is 4.23. The predicted molar refractivity (Wildman–Crippen MR) is 87.4 cm³/mol. The Bertz CT molecular complexity index is 795. The second-order valence-electron chi connectivity index (χ2n) is 5.89. The summed E-state index contributed by atoms with van der Waals surface area (Å²) in [4.78, 5) is 3.30. The van der Waals surface area contributed by atoms with Crippen molar-refractivity contribution in [2.24, 2.45) is 7.05 Å². The highest BCUT2D eigenvalue weighted by atomic mass is 16.5. The molecule has 0 spiro atoms. The van der Waals surface area contributed by atoms with Gasteiger partial charge in [-0.2, -0.15) is 5.10 Å². The molecule has 1 saturated heterocycles. The summed E-state index contributed by atoms with van der Waals surface area (Å²) < 4.78 is 13.3. The molecule has 0 saturated carbocycles. The molecule has 0 bridgehead atoms. The Morgan fingerprint density at radius 3 is 3.22 bits per heavy atom. The number of ether oxygens (including phenoxy) is 2. The Morgan fingerprint density at radius 1 is 1.39 bits per heavy atom. The molecule has 1 aliphatic rings. The zero-order valence-corrected chi connectivity index (χ0v) is 13.0. The molecule has 0 amide bonds. The molecule has 4 rings (SSSR count). The SMILES string of the molecule is Cn1cc(O[C@@H]2COC[C@@H]2NCc2cccc3cc[nH]c23)cn1. The molecule has 0 radical (unpaired) electrons. The lowest BCUT2D eigenvalue weighted by atomic mass is 10.1. The molecular weight excluding hydrogens is 292 g/mol. The highest BCUT2D eigenvalue weighted by Gasteiger charge is 2.30. The minimum Gasteiger partial charge on any atom is -0.483 e. The molecule has 0 unspecified atom stereocenters. The number of aromatic nitrogens is 3. The first-order valence-corrected chi connectivity index (χ1v) is 7.81. The minimum absolute atomic E-state index is 0.00189. The fraction of sp³-hybridized carbons (Fsp3) is 0.353. The average Bonchev–Trinajstić information content (AvgIpc) is 3.27. The van der Waals surface area contributed by atoms with Gasteiger partial charge in [-0.1, -0.05) is 18.2 Å². The smallest absolute Gasteiger partial charge is 0.157 e. The van der Waals surface area contributed by atoms with Gasteiger partial charge in [0, 0.05) is 25.3 Å². The first kappa shape index (κ1) is 14.3. The Hall–Kier alpha value is -2.31. The number of aromatic amines is 1. The van der Waals surface area contributed by atoms with Gasteiger partial charge in [0.2, 0.25) is 0 Å². The van der Waals surface area contributed by atoms with Crippen LogP contribution in [0.3, 0.4) is 0 Å². The van der Waals surface area contributed by atoms with Crippen molar-refractivity contribution in [3.05, 3.63) is 48.4 Å². The number of fused-ring (bicyclic) bond motifs is 1. The lowest BCUT2D eigenvalue weighted by molar-refractivity contribution is 0.139. The van der Waals surface area contributed by atoms with Crippen molar-refractivity contribution >= 4 is 10.9 Å². The zero-order chi connectivity index (χ0) is 15.6. The standard InChI is InChI=1S/C17H20N4O2/c1-21-9-14(8-20-21)23-16-11-22-10-15(16)19-7-13-4-2-3-12-5-6-18-17(12)13/h2-6,8-9,15-16,18-19H,7,10-11H2,1H3/t15-,16+/m0/s1. The van der Waals surface area contributed by atoms with E-state index in [2.05, 4.69) is 39.7 Å². The van der Waals surface area contributed by atoms with Crippen molar-refractivity contribution < 1.29 is 9.47 Å². The molecule has 1 aromatic carbocycles. The molecule has 120 valence electrons. The number of aryl methyl sites for hydroxylation is 1. The van der Waals surface area contributed by atoms with E-state index in [1.807, 2.05) is 19.4 Å². The van der Waals surface area contributed by atoms with Crippen molar-refractivity contribution in [2.45, 2.75) is 18.7 Å². The normalized spacial score (nSPS) is 21.1. The second-order valence-corrected chi connectivity index (χ2v) is 5.89. The van der Waals surface area contributed by atoms with Gasteiger partial charge in [-0.15, -0.1) is 0 Å². The van der Waals surface area contributed by atoms with Crippen molar-refractivity contribution in [2.75, 3.05) is 13.2 Å². The Labute approximate surface area is 134 Å². The number of nitrogens with one attached hydrogen (secondary N) is 2. The summed E-state index contributed by atoms with van der Waals surface area (Å²) in [6, 6.07) is 8.59. The van der Waals surface area contributed by atoms with Crippen LogP contribution >= 0.6 is 0 Å². The molecule has 6 nitrogen and oxygen atoms in total. The largest absolute Gasteiger partial charge is 0.483 e. The summed E-state index contributed by atoms with van der Waals surface area (Å²) in [6.07, 6.45) is 5.58. The summed E-state index contributed by atoms with van der Waals surface area (Å²) >= 11 is 0. The number of hydrogen-bond donors (Lipinski definition) is 2. The van der Waals surface area contributed by atoms with Gasteiger partial charge in [0.05, 0.1) is 31.6 Å². The summed E-state index contributed by atoms with van der Waals surface area (Å²) in [5, 5.41) is 8.92. The van der Waals surface area contributed by atoms with Gasteiger partial charge in [-0.05, 0) is 17.0 Å². The van der Waals surface area contributed by atoms with Gasteiger partial charge in [-0.25, -0.2) is 0 Å². The first-order chi connectivity index (χ1) is 11.3. The third-order valence-corrected chi connectivity index (χ3v) is 4.23. The van der Waals surface area contributed by atoms with Crippen LogP contribution in [0.15, 0.2) is 42.9 Å². The van der Waals surface area contributed by atoms with E-state index in [0.717, 1.165) is 12.3 Å². The van der Waals surface area contributed by atoms with E-state index in [-0.39, 0.29) is 12.1 Å². The van der Waals surface area contributed by atoms with Crippen LogP contribution in [-0.4, -0.2) is 40.1 Å². The Morgan fingerprint density at radius 2 is 2.35 bits per heavy atom. The van der Waals surface area contributed by atoms with E-state index < -0.39 is 0 Å². The highest BCUT2D eigenvalue weighted by molar-refractivity contribution is 5.82. The Balaban J connectivity index is 1.42. The third kappa shape index (κ3) is 2.95. The van der Waals surface area contributed by atoms with Gasteiger partial charge < -0.3 is 19.8 Å². The van der Waals surface area contributed by atoms with E-state index in [1.54, 1.807) is 10.9 Å². The van der Waals surface area contributed by atoms with Crippen LogP contribution in [0.5, 0.6) is 5.75 Å². The van der Waals surface area contributed by atoms with Gasteiger partial charge >= 0.3 is 0 Å². The molecule has 1 fully saturated rings. The number of hydrogen-bond acceptors (Lipinski definition) is 4. The molecular formula is C17H20N4O2. The van der Waals surface area contributed by atoms with E-state index in [9.17, 15) is 0 Å². The molecule has 2 atom stereocenters. The average molecular weight is 312 g/mol. The summed E-state index contributed by atoms with van der Waals surface area (Å²) in [5.41, 5.74) is 2.43. The monoisotopic (exact) mass is 312 g/mol. The molecule has 6 heteroatoms. The van der Waals surface area contributed by atoms with Gasteiger partial charge in [0.1, 0.15) is 6.10 Å². The molecule has 3 aromatic rings. The van der Waals surface area contributed by atoms with Crippen LogP contribution in [0, 0.1) is 0 Å². The van der Waals surface area contributed by atoms with E-state index in [1.165, 1.54) is 16.5 Å². The quantitative estimate of drug-likeness (QED) is 0.754. The van der Waals surface area contributed by atoms with Crippen LogP contribution in [0.4, 0.5) is 0 Å². The van der Waals surface area contributed by atoms with Crippen molar-refractivity contribution in [3.63, 3.8) is 0 Å². The van der Waals surface area contributed by atoms with Crippen molar-refractivity contribution in [1.29, 1.82) is 0 Å². The topological polar surface area (TPSA) is 64.1 Å². The van der Waals surface area contributed by atoms with Crippen molar-refractivity contribution in [3.8, 4) is 5.75 Å². The maximum atomic E-state index is 5.99. The van der Waals surface area contributed by atoms with Crippen molar-refractivity contribution in [1.82, 2.24) is 20.1 Å². The fourth-order valence-electron chi connectivity index (χ4n) is 3.01. The van der Waals surface area contributed by atoms with E-state index >= 15 is 0 Å². The van der Waals surface area contributed by atoms with Crippen LogP contribution in [0.25, 0.3) is 10.9 Å². The van der Waals surface area contributed by atoms with Crippen LogP contribution in [0.2, 0.25) is 0 Å². The summed E-state index contributed by atoms with van der Waals surface area (Å²) in [5.74, 6) is 0.779. The highest BCUT2D eigenvalue weighted by Crippen LogP contribution is 2.19. The summed E-state index contributed by atoms with van der Waals surface area (Å²) in [7, 11) is 1.88. The maximum Gasteiger partial charge on any atom is 0.157 e. The van der Waals surface area contributed by atoms with E-state index in [4.69, 9.17) is 9.47 Å². The number of nitrogens with zero attached hydrogens (tertiary/aromatic N) is 2. The molecule has 2 aromatic heterocycles. The number of rotatable bonds is 5. The second kappa shape index (κ2) is 6.06.